The lowest BCUT2D eigenvalue weighted by molar-refractivity contribution is 0.177. The maximum absolute atomic E-state index is 13.4. The van der Waals surface area contributed by atoms with Gasteiger partial charge in [-0.1, -0.05) is 39.7 Å². The first-order valence-corrected chi connectivity index (χ1v) is 7.51. The highest BCUT2D eigenvalue weighted by atomic mass is 79.9. The Morgan fingerprint density at radius 3 is 2.68 bits per heavy atom. The third-order valence-electron chi connectivity index (χ3n) is 2.76. The molecule has 0 aliphatic heterocycles. The molecule has 2 rings (SSSR count). The monoisotopic (exact) mass is 406 g/mol. The zero-order valence-electron chi connectivity index (χ0n) is 9.71. The number of hydrogen-bond donors (Lipinski definition) is 1. The molecule has 1 unspecified atom stereocenters. The fourth-order valence-corrected chi connectivity index (χ4v) is 2.91. The lowest BCUT2D eigenvalue weighted by Crippen LogP contribution is -2.04. The maximum Gasteiger partial charge on any atom is 0.137 e. The molecule has 0 aliphatic carbocycles. The van der Waals surface area contributed by atoms with E-state index in [9.17, 15) is 9.50 Å². The van der Waals surface area contributed by atoms with Crippen molar-refractivity contribution in [3.8, 4) is 0 Å². The van der Waals surface area contributed by atoms with Gasteiger partial charge in [0.2, 0.25) is 0 Å². The van der Waals surface area contributed by atoms with Crippen LogP contribution >= 0.6 is 43.5 Å². The predicted octanol–water partition coefficient (Wildman–Crippen LogP) is 5.28. The van der Waals surface area contributed by atoms with Crippen LogP contribution in [-0.2, 0) is 6.42 Å². The van der Waals surface area contributed by atoms with Gasteiger partial charge in [-0.05, 0) is 51.3 Å². The smallest absolute Gasteiger partial charge is 0.137 e. The molecule has 0 aliphatic rings. The van der Waals surface area contributed by atoms with Crippen LogP contribution in [0.15, 0.2) is 45.3 Å². The summed E-state index contributed by atoms with van der Waals surface area (Å²) in [7, 11) is 0. The summed E-state index contributed by atoms with van der Waals surface area (Å²) in [6.45, 7) is 0. The quantitative estimate of drug-likeness (QED) is 0.733. The highest BCUT2D eigenvalue weighted by molar-refractivity contribution is 9.10. The Kier molecular flexibility index (Phi) is 5.01. The van der Waals surface area contributed by atoms with Gasteiger partial charge in [0.25, 0.3) is 0 Å². The van der Waals surface area contributed by atoms with E-state index in [4.69, 9.17) is 11.6 Å². The molecule has 1 atom stereocenters. The van der Waals surface area contributed by atoms with Crippen LogP contribution in [0.1, 0.15) is 17.2 Å². The summed E-state index contributed by atoms with van der Waals surface area (Å²) in [4.78, 5) is 0. The topological polar surface area (TPSA) is 20.2 Å². The Morgan fingerprint density at radius 1 is 1.21 bits per heavy atom. The van der Waals surface area contributed by atoms with Crippen LogP contribution in [-0.4, -0.2) is 5.11 Å². The number of rotatable bonds is 3. The Hall–Kier alpha value is -0.420. The van der Waals surface area contributed by atoms with E-state index in [0.29, 0.717) is 27.0 Å². The van der Waals surface area contributed by atoms with Crippen LogP contribution in [0.3, 0.4) is 0 Å². The predicted molar refractivity (Wildman–Crippen MR) is 81.9 cm³/mol. The highest BCUT2D eigenvalue weighted by Crippen LogP contribution is 2.31. The van der Waals surface area contributed by atoms with Crippen molar-refractivity contribution in [2.24, 2.45) is 0 Å². The molecule has 0 fully saturated rings. The first kappa shape index (κ1) is 15.0. The maximum atomic E-state index is 13.4. The van der Waals surface area contributed by atoms with Crippen molar-refractivity contribution in [3.63, 3.8) is 0 Å². The van der Waals surface area contributed by atoms with Crippen LogP contribution in [0.4, 0.5) is 4.39 Å². The second-order valence-corrected chi connectivity index (χ2v) is 6.18. The summed E-state index contributed by atoms with van der Waals surface area (Å²) in [5.74, 6) is -0.338. The molecule has 0 aromatic heterocycles. The fraction of sp³-hybridized carbons (Fsp3) is 0.143. The standard InChI is InChI=1S/C14H10Br2ClFO/c15-11-5-4-9(17)7-10(11)13(19)6-8-2-1-3-12(18)14(8)16/h1-5,7,13,19H,6H2. The molecule has 0 amide bonds. The minimum atomic E-state index is -0.758. The fourth-order valence-electron chi connectivity index (χ4n) is 1.79. The SMILES string of the molecule is OC(Cc1cccc(F)c1Br)c1cc(Cl)ccc1Br. The molecule has 100 valence electrons. The van der Waals surface area contributed by atoms with Crippen molar-refractivity contribution in [1.29, 1.82) is 0 Å². The molecule has 2 aromatic carbocycles. The van der Waals surface area contributed by atoms with Gasteiger partial charge in [-0.15, -0.1) is 0 Å². The Bertz CT molecular complexity index is 604. The molecular weight excluding hydrogens is 398 g/mol. The van der Waals surface area contributed by atoms with Crippen LogP contribution < -0.4 is 0 Å². The second kappa shape index (κ2) is 6.35. The zero-order chi connectivity index (χ0) is 14.0. The second-order valence-electron chi connectivity index (χ2n) is 4.10. The normalized spacial score (nSPS) is 12.5. The molecular formula is C14H10Br2ClFO. The van der Waals surface area contributed by atoms with Crippen molar-refractivity contribution in [3.05, 3.63) is 67.3 Å². The Morgan fingerprint density at radius 2 is 1.95 bits per heavy atom. The molecule has 0 saturated carbocycles. The van der Waals surface area contributed by atoms with Gasteiger partial charge in [0.15, 0.2) is 0 Å². The Balaban J connectivity index is 2.28. The molecule has 0 heterocycles. The molecule has 0 bridgehead atoms. The van der Waals surface area contributed by atoms with Crippen molar-refractivity contribution in [2.75, 3.05) is 0 Å². The molecule has 19 heavy (non-hydrogen) atoms. The largest absolute Gasteiger partial charge is 0.388 e. The van der Waals surface area contributed by atoms with E-state index in [-0.39, 0.29) is 5.82 Å². The summed E-state index contributed by atoms with van der Waals surface area (Å²) >= 11 is 12.5. The zero-order valence-corrected chi connectivity index (χ0v) is 13.6. The van der Waals surface area contributed by atoms with Gasteiger partial charge in [0.05, 0.1) is 10.6 Å². The molecule has 1 nitrogen and oxygen atoms in total. The third kappa shape index (κ3) is 3.57. The van der Waals surface area contributed by atoms with Gasteiger partial charge in [-0.25, -0.2) is 4.39 Å². The first-order chi connectivity index (χ1) is 8.99. The Labute approximate surface area is 132 Å². The van der Waals surface area contributed by atoms with Crippen LogP contribution in [0.5, 0.6) is 0 Å². The van der Waals surface area contributed by atoms with Gasteiger partial charge < -0.3 is 5.11 Å². The van der Waals surface area contributed by atoms with E-state index in [1.165, 1.54) is 6.07 Å². The van der Waals surface area contributed by atoms with E-state index in [2.05, 4.69) is 31.9 Å². The first-order valence-electron chi connectivity index (χ1n) is 5.55. The summed E-state index contributed by atoms with van der Waals surface area (Å²) in [5, 5.41) is 10.8. The number of aliphatic hydroxyl groups is 1. The van der Waals surface area contributed by atoms with Gasteiger partial charge in [0, 0.05) is 15.9 Å². The molecule has 0 radical (unpaired) electrons. The van der Waals surface area contributed by atoms with Crippen LogP contribution in [0.25, 0.3) is 0 Å². The molecule has 0 saturated heterocycles. The van der Waals surface area contributed by atoms with E-state index in [1.54, 1.807) is 30.3 Å². The molecule has 5 heteroatoms. The average molecular weight is 408 g/mol. The van der Waals surface area contributed by atoms with E-state index in [0.717, 1.165) is 4.47 Å². The lowest BCUT2D eigenvalue weighted by atomic mass is 10.0. The summed E-state index contributed by atoms with van der Waals surface area (Å²) in [6, 6.07) is 9.98. The van der Waals surface area contributed by atoms with Gasteiger partial charge in [-0.2, -0.15) is 0 Å². The number of halogens is 4. The van der Waals surface area contributed by atoms with E-state index in [1.807, 2.05) is 0 Å². The minimum Gasteiger partial charge on any atom is -0.388 e. The van der Waals surface area contributed by atoms with Gasteiger partial charge >= 0.3 is 0 Å². The summed E-state index contributed by atoms with van der Waals surface area (Å²) < 4.78 is 14.6. The van der Waals surface area contributed by atoms with Crippen LogP contribution in [0, 0.1) is 5.82 Å². The third-order valence-corrected chi connectivity index (χ3v) is 4.61. The minimum absolute atomic E-state index is 0.303. The van der Waals surface area contributed by atoms with Crippen molar-refractivity contribution in [1.82, 2.24) is 0 Å². The lowest BCUT2D eigenvalue weighted by Gasteiger charge is -2.14. The summed E-state index contributed by atoms with van der Waals surface area (Å²) in [5.41, 5.74) is 1.39. The van der Waals surface area contributed by atoms with E-state index < -0.39 is 6.10 Å². The van der Waals surface area contributed by atoms with Crippen molar-refractivity contribution >= 4 is 43.5 Å². The van der Waals surface area contributed by atoms with Gasteiger partial charge in [0.1, 0.15) is 5.82 Å². The molecule has 2 aromatic rings. The number of hydrogen-bond acceptors (Lipinski definition) is 1. The van der Waals surface area contributed by atoms with Crippen LogP contribution in [0.2, 0.25) is 5.02 Å². The molecule has 0 spiro atoms. The van der Waals surface area contributed by atoms with Gasteiger partial charge in [-0.3, -0.25) is 0 Å². The van der Waals surface area contributed by atoms with E-state index >= 15 is 0 Å². The number of aliphatic hydroxyl groups excluding tert-OH is 1. The summed E-state index contributed by atoms with van der Waals surface area (Å²) in [6.07, 6.45) is -0.455. The van der Waals surface area contributed by atoms with Crippen molar-refractivity contribution < 1.29 is 9.50 Å². The molecule has 1 N–H and O–H groups in total. The van der Waals surface area contributed by atoms with Crippen molar-refractivity contribution in [2.45, 2.75) is 12.5 Å². The number of benzene rings is 2. The average Bonchev–Trinajstić information content (AvgIpc) is 2.38. The highest BCUT2D eigenvalue weighted by Gasteiger charge is 2.15.